The summed E-state index contributed by atoms with van der Waals surface area (Å²) in [7, 11) is 0. The fraction of sp³-hybridized carbons (Fsp3) is 0.0870. The first-order valence-electron chi connectivity index (χ1n) is 10.0. The third-order valence-corrected chi connectivity index (χ3v) is 6.09. The Morgan fingerprint density at radius 3 is 2.59 bits per heavy atom. The second-order valence-electron chi connectivity index (χ2n) is 7.43. The Hall–Kier alpha value is -3.99. The van der Waals surface area contributed by atoms with Crippen molar-refractivity contribution in [1.29, 1.82) is 0 Å². The maximum absolute atomic E-state index is 13.6. The van der Waals surface area contributed by atoms with Gasteiger partial charge in [0.1, 0.15) is 10.6 Å². The summed E-state index contributed by atoms with van der Waals surface area (Å²) >= 11 is 0.914. The molecule has 0 spiro atoms. The van der Waals surface area contributed by atoms with E-state index in [0.29, 0.717) is 23.5 Å². The summed E-state index contributed by atoms with van der Waals surface area (Å²) in [6.07, 6.45) is -1.70. The van der Waals surface area contributed by atoms with Gasteiger partial charge in [-0.3, -0.25) is 9.48 Å². The minimum Gasteiger partial charge on any atom is -0.319 e. The van der Waals surface area contributed by atoms with Gasteiger partial charge in [-0.25, -0.2) is 9.07 Å². The van der Waals surface area contributed by atoms with Gasteiger partial charge in [0, 0.05) is 11.6 Å². The molecule has 0 aliphatic carbocycles. The molecule has 0 saturated carbocycles. The van der Waals surface area contributed by atoms with Gasteiger partial charge in [0.15, 0.2) is 5.69 Å². The number of carbonyl (C=O) groups is 1. The summed E-state index contributed by atoms with van der Waals surface area (Å²) in [5, 5.41) is 10.4. The number of nitrogens with zero attached hydrogens (tertiary/aromatic N) is 4. The van der Waals surface area contributed by atoms with Crippen LogP contribution in [0.15, 0.2) is 73.1 Å². The molecule has 0 aliphatic heterocycles. The molecule has 11 heteroatoms. The van der Waals surface area contributed by atoms with Crippen molar-refractivity contribution in [3.05, 3.63) is 95.0 Å². The lowest BCUT2D eigenvalue weighted by Gasteiger charge is -2.04. The molecule has 3 aromatic heterocycles. The number of nitrogens with one attached hydrogen (secondary N) is 1. The van der Waals surface area contributed by atoms with E-state index >= 15 is 0 Å². The smallest absolute Gasteiger partial charge is 0.319 e. The van der Waals surface area contributed by atoms with Crippen LogP contribution in [0.4, 0.5) is 23.2 Å². The van der Waals surface area contributed by atoms with E-state index in [9.17, 15) is 22.4 Å². The van der Waals surface area contributed by atoms with Crippen LogP contribution >= 0.6 is 11.3 Å². The number of hydrogen-bond donors (Lipinski definition) is 1. The second-order valence-corrected chi connectivity index (χ2v) is 8.46. The molecule has 0 radical (unpaired) electrons. The van der Waals surface area contributed by atoms with E-state index in [2.05, 4.69) is 15.5 Å². The van der Waals surface area contributed by atoms with Gasteiger partial charge in [-0.1, -0.05) is 30.3 Å². The van der Waals surface area contributed by atoms with Crippen LogP contribution in [0.2, 0.25) is 0 Å². The molecule has 0 fully saturated rings. The Morgan fingerprint density at radius 1 is 1.06 bits per heavy atom. The van der Waals surface area contributed by atoms with E-state index in [1.165, 1.54) is 33.8 Å². The first kappa shape index (κ1) is 21.8. The minimum atomic E-state index is -4.68. The highest BCUT2D eigenvalue weighted by Crippen LogP contribution is 2.39. The molecule has 1 amide bonds. The number of aromatic nitrogens is 4. The SMILES string of the molecule is O=C(Nc1cnn(Cc2cccc(F)c2)c1)c1cc2c(C(F)(F)F)nn(-c3ccccc3)c2s1. The lowest BCUT2D eigenvalue weighted by Crippen LogP contribution is -2.10. The number of halogens is 4. The summed E-state index contributed by atoms with van der Waals surface area (Å²) in [5.41, 5.74) is 0.454. The zero-order valence-electron chi connectivity index (χ0n) is 17.3. The topological polar surface area (TPSA) is 64.7 Å². The molecule has 2 aromatic carbocycles. The number of fused-ring (bicyclic) bond motifs is 1. The lowest BCUT2D eigenvalue weighted by atomic mass is 10.2. The molecule has 0 saturated heterocycles. The maximum atomic E-state index is 13.6. The average molecular weight is 485 g/mol. The van der Waals surface area contributed by atoms with Gasteiger partial charge in [-0.2, -0.15) is 23.4 Å². The van der Waals surface area contributed by atoms with Crippen molar-refractivity contribution in [2.24, 2.45) is 0 Å². The summed E-state index contributed by atoms with van der Waals surface area (Å²) in [5.74, 6) is -0.936. The molecule has 3 heterocycles. The van der Waals surface area contributed by atoms with E-state index in [-0.39, 0.29) is 20.9 Å². The number of thiophene rings is 1. The molecule has 6 nitrogen and oxygen atoms in total. The van der Waals surface area contributed by atoms with Crippen LogP contribution in [0.3, 0.4) is 0 Å². The Labute approximate surface area is 194 Å². The monoisotopic (exact) mass is 485 g/mol. The third kappa shape index (κ3) is 4.29. The van der Waals surface area contributed by atoms with E-state index in [0.717, 1.165) is 11.3 Å². The highest BCUT2D eigenvalue weighted by molar-refractivity contribution is 7.20. The summed E-state index contributed by atoms with van der Waals surface area (Å²) < 4.78 is 56.9. The second kappa shape index (κ2) is 8.41. The van der Waals surface area contributed by atoms with Crippen molar-refractivity contribution in [3.63, 3.8) is 0 Å². The van der Waals surface area contributed by atoms with E-state index in [4.69, 9.17) is 0 Å². The van der Waals surface area contributed by atoms with Crippen LogP contribution in [0.1, 0.15) is 20.9 Å². The molecule has 5 rings (SSSR count). The van der Waals surface area contributed by atoms with Gasteiger partial charge in [0.25, 0.3) is 5.91 Å². The van der Waals surface area contributed by atoms with Crippen LogP contribution < -0.4 is 5.32 Å². The van der Waals surface area contributed by atoms with Crippen LogP contribution in [-0.4, -0.2) is 25.5 Å². The predicted molar refractivity (Wildman–Crippen MR) is 120 cm³/mol. The zero-order valence-corrected chi connectivity index (χ0v) is 18.1. The number of carbonyl (C=O) groups excluding carboxylic acids is 1. The normalized spacial score (nSPS) is 11.8. The molecule has 0 atom stereocenters. The van der Waals surface area contributed by atoms with Crippen molar-refractivity contribution in [2.75, 3.05) is 5.32 Å². The van der Waals surface area contributed by atoms with Crippen LogP contribution in [-0.2, 0) is 12.7 Å². The van der Waals surface area contributed by atoms with Crippen molar-refractivity contribution in [2.45, 2.75) is 12.7 Å². The molecule has 1 N–H and O–H groups in total. The van der Waals surface area contributed by atoms with Gasteiger partial charge in [-0.05, 0) is 35.9 Å². The fourth-order valence-electron chi connectivity index (χ4n) is 3.50. The van der Waals surface area contributed by atoms with Crippen LogP contribution in [0, 0.1) is 5.82 Å². The number of para-hydroxylation sites is 1. The van der Waals surface area contributed by atoms with Gasteiger partial charge < -0.3 is 5.32 Å². The first-order chi connectivity index (χ1) is 16.3. The Kier molecular flexibility index (Phi) is 5.40. The molecule has 172 valence electrons. The van der Waals surface area contributed by atoms with Crippen LogP contribution in [0.25, 0.3) is 15.9 Å². The molecule has 5 aromatic rings. The first-order valence-corrected chi connectivity index (χ1v) is 10.8. The molecule has 0 unspecified atom stereocenters. The molecular weight excluding hydrogens is 470 g/mol. The molecule has 0 bridgehead atoms. The number of anilines is 1. The molecule has 34 heavy (non-hydrogen) atoms. The number of amides is 1. The number of rotatable bonds is 5. The van der Waals surface area contributed by atoms with Gasteiger partial charge in [-0.15, -0.1) is 11.3 Å². The Balaban J connectivity index is 1.42. The molecule has 0 aliphatic rings. The van der Waals surface area contributed by atoms with Gasteiger partial charge in [0.2, 0.25) is 0 Å². The quantitative estimate of drug-likeness (QED) is 0.323. The number of hydrogen-bond acceptors (Lipinski definition) is 4. The summed E-state index contributed by atoms with van der Waals surface area (Å²) in [6.45, 7) is 0.290. The van der Waals surface area contributed by atoms with E-state index < -0.39 is 17.8 Å². The lowest BCUT2D eigenvalue weighted by molar-refractivity contribution is -0.140. The van der Waals surface area contributed by atoms with Crippen molar-refractivity contribution < 1.29 is 22.4 Å². The standard InChI is InChI=1S/C23H15F4N5OS/c24-15-6-4-5-14(9-15)12-31-13-16(11-28-31)29-21(33)19-10-18-20(23(25,26)27)30-32(22(18)34-19)17-7-2-1-3-8-17/h1-11,13H,12H2,(H,29,33). The third-order valence-electron chi connectivity index (χ3n) is 4.98. The highest BCUT2D eigenvalue weighted by Gasteiger charge is 2.38. The average Bonchev–Trinajstić information content (AvgIpc) is 3.49. The number of alkyl halides is 3. The van der Waals surface area contributed by atoms with E-state index in [1.807, 2.05) is 0 Å². The summed E-state index contributed by atoms with van der Waals surface area (Å²) in [6, 6.07) is 15.7. The Bertz CT molecular complexity index is 1490. The fourth-order valence-corrected chi connectivity index (χ4v) is 4.53. The predicted octanol–water partition coefficient (Wildman–Crippen LogP) is 5.74. The van der Waals surface area contributed by atoms with Crippen molar-refractivity contribution >= 4 is 33.1 Å². The minimum absolute atomic E-state index is 0.0976. The van der Waals surface area contributed by atoms with Crippen molar-refractivity contribution in [3.8, 4) is 5.69 Å². The summed E-state index contributed by atoms with van der Waals surface area (Å²) in [4.78, 5) is 13.1. The molecular formula is C23H15F4N5OS. The largest absolute Gasteiger partial charge is 0.435 e. The van der Waals surface area contributed by atoms with Crippen LogP contribution in [0.5, 0.6) is 0 Å². The van der Waals surface area contributed by atoms with Gasteiger partial charge >= 0.3 is 6.18 Å². The highest BCUT2D eigenvalue weighted by atomic mass is 32.1. The number of benzene rings is 2. The van der Waals surface area contributed by atoms with Gasteiger partial charge in [0.05, 0.1) is 29.0 Å². The zero-order chi connectivity index (χ0) is 23.9. The van der Waals surface area contributed by atoms with E-state index in [1.54, 1.807) is 48.7 Å². The maximum Gasteiger partial charge on any atom is 0.435 e. The van der Waals surface area contributed by atoms with Crippen molar-refractivity contribution in [1.82, 2.24) is 19.6 Å². The Morgan fingerprint density at radius 2 is 1.85 bits per heavy atom.